The standard InChI is InChI=1S/C18H14BrFN2O3S/c1-3-25-18(24)15-9(2)14-16(23)21-13(22-17(14)26-15)7-4-10-8-11(19)5-6-12(10)20/h4-8H,3H2,1-2H3,(H,21,22,23)/b7-4+. The zero-order valence-corrected chi connectivity index (χ0v) is 16.3. The molecule has 0 fully saturated rings. The number of fused-ring (bicyclic) bond motifs is 1. The first-order valence-corrected chi connectivity index (χ1v) is 9.35. The number of benzene rings is 1. The Morgan fingerprint density at radius 2 is 2.19 bits per heavy atom. The minimum atomic E-state index is -0.472. The zero-order chi connectivity index (χ0) is 18.8. The van der Waals surface area contributed by atoms with Crippen LogP contribution in [-0.4, -0.2) is 22.5 Å². The lowest BCUT2D eigenvalue weighted by atomic mass is 10.2. The lowest BCUT2D eigenvalue weighted by Gasteiger charge is -1.99. The number of nitrogens with zero attached hydrogens (tertiary/aromatic N) is 1. The number of esters is 1. The van der Waals surface area contributed by atoms with Gasteiger partial charge in [0, 0.05) is 10.0 Å². The van der Waals surface area contributed by atoms with Crippen molar-refractivity contribution in [3.8, 4) is 0 Å². The number of ether oxygens (including phenoxy) is 1. The Hall–Kier alpha value is -2.32. The maximum absolute atomic E-state index is 13.8. The molecule has 0 radical (unpaired) electrons. The molecule has 5 nitrogen and oxygen atoms in total. The van der Waals surface area contributed by atoms with Gasteiger partial charge in [-0.1, -0.05) is 15.9 Å². The van der Waals surface area contributed by atoms with Gasteiger partial charge >= 0.3 is 5.97 Å². The van der Waals surface area contributed by atoms with Gasteiger partial charge in [0.1, 0.15) is 21.3 Å². The number of thiophene rings is 1. The van der Waals surface area contributed by atoms with E-state index in [0.717, 1.165) is 15.8 Å². The first kappa shape index (κ1) is 18.5. The molecular weight excluding hydrogens is 423 g/mol. The maximum Gasteiger partial charge on any atom is 0.348 e. The van der Waals surface area contributed by atoms with Crippen molar-refractivity contribution in [3.63, 3.8) is 0 Å². The van der Waals surface area contributed by atoms with E-state index in [9.17, 15) is 14.0 Å². The molecule has 3 rings (SSSR count). The highest BCUT2D eigenvalue weighted by Gasteiger charge is 2.19. The number of carbonyl (C=O) groups is 1. The summed E-state index contributed by atoms with van der Waals surface area (Å²) in [6.07, 6.45) is 3.04. The molecule has 3 aromatic rings. The lowest BCUT2D eigenvalue weighted by molar-refractivity contribution is 0.0531. The summed E-state index contributed by atoms with van der Waals surface area (Å²) >= 11 is 4.39. The predicted molar refractivity (Wildman–Crippen MR) is 104 cm³/mol. The molecule has 0 atom stereocenters. The third-order valence-corrected chi connectivity index (χ3v) is 5.32. The molecule has 0 unspecified atom stereocenters. The quantitative estimate of drug-likeness (QED) is 0.609. The van der Waals surface area contributed by atoms with Crippen molar-refractivity contribution >= 4 is 55.6 Å². The third kappa shape index (κ3) is 3.61. The topological polar surface area (TPSA) is 72.0 Å². The molecule has 1 aromatic carbocycles. The summed E-state index contributed by atoms with van der Waals surface area (Å²) in [4.78, 5) is 32.2. The minimum Gasteiger partial charge on any atom is -0.462 e. The average Bonchev–Trinajstić information content (AvgIpc) is 2.93. The molecule has 0 bridgehead atoms. The second kappa shape index (κ2) is 7.51. The number of carbonyl (C=O) groups excluding carboxylic acids is 1. The molecule has 1 N–H and O–H groups in total. The monoisotopic (exact) mass is 436 g/mol. The van der Waals surface area contributed by atoms with Crippen molar-refractivity contribution < 1.29 is 13.9 Å². The molecule has 0 saturated heterocycles. The molecule has 0 aliphatic rings. The van der Waals surface area contributed by atoms with Gasteiger partial charge in [-0.2, -0.15) is 0 Å². The number of halogens is 2. The normalized spacial score (nSPS) is 11.4. The van der Waals surface area contributed by atoms with Gasteiger partial charge in [-0.3, -0.25) is 4.79 Å². The number of H-pyrrole nitrogens is 1. The van der Waals surface area contributed by atoms with Crippen LogP contribution >= 0.6 is 27.3 Å². The van der Waals surface area contributed by atoms with Crippen LogP contribution in [0.1, 0.15) is 33.5 Å². The third-order valence-electron chi connectivity index (χ3n) is 3.66. The van der Waals surface area contributed by atoms with Crippen LogP contribution in [0.4, 0.5) is 4.39 Å². The second-order valence-electron chi connectivity index (χ2n) is 5.41. The SMILES string of the molecule is CCOC(=O)c1sc2nc(/C=C/c3cc(Br)ccc3F)[nH]c(=O)c2c1C. The van der Waals surface area contributed by atoms with E-state index in [1.807, 2.05) is 0 Å². The largest absolute Gasteiger partial charge is 0.462 e. The fourth-order valence-corrected chi connectivity index (χ4v) is 3.90. The molecule has 2 heterocycles. The Morgan fingerprint density at radius 1 is 1.42 bits per heavy atom. The summed E-state index contributed by atoms with van der Waals surface area (Å²) in [6, 6.07) is 4.57. The molecule has 0 aliphatic heterocycles. The molecule has 2 aromatic heterocycles. The van der Waals surface area contributed by atoms with Crippen LogP contribution in [0.3, 0.4) is 0 Å². The Balaban J connectivity index is 2.03. The van der Waals surface area contributed by atoms with Gasteiger partial charge < -0.3 is 9.72 Å². The van der Waals surface area contributed by atoms with Crippen LogP contribution in [0, 0.1) is 12.7 Å². The van der Waals surface area contributed by atoms with Crippen molar-refractivity contribution in [2.24, 2.45) is 0 Å². The van der Waals surface area contributed by atoms with E-state index in [2.05, 4.69) is 25.9 Å². The van der Waals surface area contributed by atoms with Crippen molar-refractivity contribution in [1.29, 1.82) is 0 Å². The molecule has 0 saturated carbocycles. The Labute approximate surface area is 160 Å². The van der Waals surface area contributed by atoms with Gasteiger partial charge in [0.05, 0.1) is 12.0 Å². The van der Waals surface area contributed by atoms with Gasteiger partial charge in [-0.15, -0.1) is 11.3 Å². The van der Waals surface area contributed by atoms with E-state index in [1.54, 1.807) is 26.0 Å². The zero-order valence-electron chi connectivity index (χ0n) is 13.9. The first-order valence-electron chi connectivity index (χ1n) is 7.74. The molecule has 0 spiro atoms. The fourth-order valence-electron chi connectivity index (χ4n) is 2.44. The molecule has 8 heteroatoms. The Morgan fingerprint density at radius 3 is 2.92 bits per heavy atom. The minimum absolute atomic E-state index is 0.252. The first-order chi connectivity index (χ1) is 12.4. The smallest absolute Gasteiger partial charge is 0.348 e. The van der Waals surface area contributed by atoms with Gasteiger partial charge in [0.15, 0.2) is 0 Å². The lowest BCUT2D eigenvalue weighted by Crippen LogP contribution is -2.10. The van der Waals surface area contributed by atoms with Gasteiger partial charge in [-0.05, 0) is 49.8 Å². The van der Waals surface area contributed by atoms with Gasteiger partial charge in [0.25, 0.3) is 5.56 Å². The van der Waals surface area contributed by atoms with Crippen LogP contribution in [0.25, 0.3) is 22.4 Å². The number of nitrogens with one attached hydrogen (secondary N) is 1. The van der Waals surface area contributed by atoms with E-state index < -0.39 is 5.97 Å². The molecule has 134 valence electrons. The number of aryl methyl sites for hydroxylation is 1. The summed E-state index contributed by atoms with van der Waals surface area (Å²) in [5.41, 5.74) is 0.552. The summed E-state index contributed by atoms with van der Waals surface area (Å²) in [5.74, 6) is -0.580. The van der Waals surface area contributed by atoms with Crippen LogP contribution in [0.15, 0.2) is 27.5 Å². The van der Waals surface area contributed by atoms with E-state index in [-0.39, 0.29) is 23.8 Å². The van der Waals surface area contributed by atoms with Crippen molar-refractivity contribution in [1.82, 2.24) is 9.97 Å². The number of rotatable bonds is 4. The van der Waals surface area contributed by atoms with Crippen LogP contribution in [0.2, 0.25) is 0 Å². The highest BCUT2D eigenvalue weighted by molar-refractivity contribution is 9.10. The van der Waals surface area contributed by atoms with E-state index in [0.29, 0.717) is 26.2 Å². The van der Waals surface area contributed by atoms with E-state index >= 15 is 0 Å². The molecule has 0 amide bonds. The number of aromatic amines is 1. The molecule has 26 heavy (non-hydrogen) atoms. The van der Waals surface area contributed by atoms with Crippen molar-refractivity contribution in [2.45, 2.75) is 13.8 Å². The van der Waals surface area contributed by atoms with Crippen LogP contribution < -0.4 is 5.56 Å². The predicted octanol–water partition coefficient (Wildman–Crippen LogP) is 4.54. The fraction of sp³-hybridized carbons (Fsp3) is 0.167. The van der Waals surface area contributed by atoms with Crippen LogP contribution in [0.5, 0.6) is 0 Å². The highest BCUT2D eigenvalue weighted by Crippen LogP contribution is 2.28. The Kier molecular flexibility index (Phi) is 5.33. The highest BCUT2D eigenvalue weighted by atomic mass is 79.9. The summed E-state index contributed by atoms with van der Waals surface area (Å²) in [5, 5.41) is 0.365. The number of hydrogen-bond donors (Lipinski definition) is 1. The Bertz CT molecular complexity index is 1090. The summed E-state index contributed by atoms with van der Waals surface area (Å²) in [6.45, 7) is 3.66. The van der Waals surface area contributed by atoms with E-state index in [4.69, 9.17) is 4.74 Å². The average molecular weight is 437 g/mol. The van der Waals surface area contributed by atoms with Crippen molar-refractivity contribution in [3.05, 3.63) is 60.7 Å². The van der Waals surface area contributed by atoms with Gasteiger partial charge in [0.2, 0.25) is 0 Å². The van der Waals surface area contributed by atoms with Crippen LogP contribution in [-0.2, 0) is 4.74 Å². The second-order valence-corrected chi connectivity index (χ2v) is 7.32. The van der Waals surface area contributed by atoms with Gasteiger partial charge in [-0.25, -0.2) is 14.2 Å². The number of aromatic nitrogens is 2. The van der Waals surface area contributed by atoms with E-state index in [1.165, 1.54) is 18.2 Å². The van der Waals surface area contributed by atoms with Crippen molar-refractivity contribution in [2.75, 3.05) is 6.61 Å². The summed E-state index contributed by atoms with van der Waals surface area (Å²) in [7, 11) is 0. The summed E-state index contributed by atoms with van der Waals surface area (Å²) < 4.78 is 19.6. The number of hydrogen-bond acceptors (Lipinski definition) is 5. The molecule has 0 aliphatic carbocycles. The molecular formula is C18H14BrFN2O3S. The maximum atomic E-state index is 13.8.